The molecule has 0 aliphatic carbocycles. The van der Waals surface area contributed by atoms with E-state index in [9.17, 15) is 8.78 Å². The number of nitrogens with zero attached hydrogens (tertiary/aromatic N) is 1. The van der Waals surface area contributed by atoms with Gasteiger partial charge in [-0.15, -0.1) is 0 Å². The lowest BCUT2D eigenvalue weighted by Gasteiger charge is -2.12. The zero-order valence-corrected chi connectivity index (χ0v) is 11.4. The highest BCUT2D eigenvalue weighted by molar-refractivity contribution is 5.64. The maximum absolute atomic E-state index is 12.3. The van der Waals surface area contributed by atoms with E-state index in [0.29, 0.717) is 6.04 Å². The van der Waals surface area contributed by atoms with Crippen molar-refractivity contribution in [1.82, 2.24) is 10.3 Å². The predicted molar refractivity (Wildman–Crippen MR) is 76.3 cm³/mol. The Morgan fingerprint density at radius 3 is 2.86 bits per heavy atom. The van der Waals surface area contributed by atoms with Crippen molar-refractivity contribution in [2.24, 2.45) is 0 Å². The van der Waals surface area contributed by atoms with Gasteiger partial charge in [-0.3, -0.25) is 4.98 Å². The van der Waals surface area contributed by atoms with Crippen LogP contribution in [0.25, 0.3) is 11.1 Å². The summed E-state index contributed by atoms with van der Waals surface area (Å²) in [6.45, 7) is -1.80. The quantitative estimate of drug-likeness (QED) is 0.930. The highest BCUT2D eigenvalue weighted by Crippen LogP contribution is 2.28. The number of ether oxygens (including phenoxy) is 1. The van der Waals surface area contributed by atoms with E-state index in [2.05, 4.69) is 27.2 Å². The molecule has 3 nitrogen and oxygen atoms in total. The largest absolute Gasteiger partial charge is 0.433 e. The van der Waals surface area contributed by atoms with Gasteiger partial charge in [0.2, 0.25) is 0 Å². The van der Waals surface area contributed by atoms with Crippen LogP contribution in [0, 0.1) is 0 Å². The summed E-state index contributed by atoms with van der Waals surface area (Å²) >= 11 is 0. The monoisotopic (exact) mass is 290 g/mol. The van der Waals surface area contributed by atoms with Gasteiger partial charge in [0.1, 0.15) is 5.75 Å². The molecule has 1 aromatic carbocycles. The summed E-state index contributed by atoms with van der Waals surface area (Å²) < 4.78 is 28.9. The van der Waals surface area contributed by atoms with E-state index >= 15 is 0 Å². The lowest BCUT2D eigenvalue weighted by atomic mass is 9.99. The van der Waals surface area contributed by atoms with Crippen LogP contribution in [0.4, 0.5) is 8.78 Å². The summed E-state index contributed by atoms with van der Waals surface area (Å²) in [4.78, 5) is 3.97. The summed E-state index contributed by atoms with van der Waals surface area (Å²) in [5, 5.41) is 3.45. The number of aromatic nitrogens is 1. The van der Waals surface area contributed by atoms with Crippen LogP contribution in [-0.4, -0.2) is 18.1 Å². The predicted octanol–water partition coefficient (Wildman–Crippen LogP) is 3.77. The molecule has 1 unspecified atom stereocenters. The second kappa shape index (κ2) is 6.18. The minimum Gasteiger partial charge on any atom is -0.433 e. The standard InChI is InChI=1S/C16H16F2N2O/c17-16(18)21-14-8-13(9-19-10-14)11-3-1-4-12(7-11)15-5-2-6-20-15/h1,3-4,7-10,15-16,20H,2,5-6H2. The third kappa shape index (κ3) is 3.36. The van der Waals surface area contributed by atoms with Crippen molar-refractivity contribution < 1.29 is 13.5 Å². The van der Waals surface area contributed by atoms with Gasteiger partial charge in [-0.1, -0.05) is 18.2 Å². The van der Waals surface area contributed by atoms with Crippen LogP contribution in [0.5, 0.6) is 5.75 Å². The molecule has 2 heterocycles. The van der Waals surface area contributed by atoms with Crippen LogP contribution in [0.3, 0.4) is 0 Å². The van der Waals surface area contributed by atoms with Crippen molar-refractivity contribution in [3.63, 3.8) is 0 Å². The number of benzene rings is 1. The molecule has 1 aliphatic rings. The zero-order chi connectivity index (χ0) is 14.7. The van der Waals surface area contributed by atoms with Gasteiger partial charge in [0.15, 0.2) is 0 Å². The van der Waals surface area contributed by atoms with E-state index in [1.807, 2.05) is 12.1 Å². The van der Waals surface area contributed by atoms with E-state index in [0.717, 1.165) is 24.1 Å². The molecule has 1 fully saturated rings. The maximum atomic E-state index is 12.3. The number of hydrogen-bond donors (Lipinski definition) is 1. The molecule has 1 N–H and O–H groups in total. The Bertz CT molecular complexity index is 613. The minimum atomic E-state index is -2.84. The van der Waals surface area contributed by atoms with Crippen molar-refractivity contribution in [3.05, 3.63) is 48.3 Å². The molecule has 0 bridgehead atoms. The van der Waals surface area contributed by atoms with Crippen LogP contribution in [0.1, 0.15) is 24.4 Å². The maximum Gasteiger partial charge on any atom is 0.387 e. The molecule has 1 saturated heterocycles. The lowest BCUT2D eigenvalue weighted by Crippen LogP contribution is -2.12. The normalized spacial score (nSPS) is 18.1. The van der Waals surface area contributed by atoms with E-state index < -0.39 is 6.61 Å². The van der Waals surface area contributed by atoms with Crippen LogP contribution < -0.4 is 10.1 Å². The fraction of sp³-hybridized carbons (Fsp3) is 0.312. The van der Waals surface area contributed by atoms with Crippen molar-refractivity contribution >= 4 is 0 Å². The van der Waals surface area contributed by atoms with Gasteiger partial charge in [0, 0.05) is 17.8 Å². The van der Waals surface area contributed by atoms with E-state index in [4.69, 9.17) is 0 Å². The van der Waals surface area contributed by atoms with E-state index in [-0.39, 0.29) is 5.75 Å². The fourth-order valence-electron chi connectivity index (χ4n) is 2.65. The molecule has 1 aromatic heterocycles. The van der Waals surface area contributed by atoms with Crippen molar-refractivity contribution in [1.29, 1.82) is 0 Å². The highest BCUT2D eigenvalue weighted by atomic mass is 19.3. The number of nitrogens with one attached hydrogen (secondary N) is 1. The Labute approximate surface area is 122 Å². The first-order valence-electron chi connectivity index (χ1n) is 6.96. The smallest absolute Gasteiger partial charge is 0.387 e. The molecular weight excluding hydrogens is 274 g/mol. The Balaban J connectivity index is 1.87. The molecule has 110 valence electrons. The summed E-state index contributed by atoms with van der Waals surface area (Å²) in [6.07, 6.45) is 5.24. The Morgan fingerprint density at radius 1 is 1.19 bits per heavy atom. The van der Waals surface area contributed by atoms with E-state index in [1.54, 1.807) is 12.3 Å². The van der Waals surface area contributed by atoms with Crippen molar-refractivity contribution in [2.45, 2.75) is 25.5 Å². The molecule has 1 atom stereocenters. The lowest BCUT2D eigenvalue weighted by molar-refractivity contribution is -0.0500. The molecule has 2 aromatic rings. The molecule has 1 aliphatic heterocycles. The van der Waals surface area contributed by atoms with Gasteiger partial charge in [0.25, 0.3) is 0 Å². The van der Waals surface area contributed by atoms with Crippen LogP contribution in [0.2, 0.25) is 0 Å². The van der Waals surface area contributed by atoms with Crippen LogP contribution in [0.15, 0.2) is 42.7 Å². The summed E-state index contributed by atoms with van der Waals surface area (Å²) in [6, 6.07) is 10.0. The third-order valence-electron chi connectivity index (χ3n) is 3.62. The van der Waals surface area contributed by atoms with Gasteiger partial charge in [-0.2, -0.15) is 8.78 Å². The van der Waals surface area contributed by atoms with Crippen molar-refractivity contribution in [3.8, 4) is 16.9 Å². The summed E-state index contributed by atoms with van der Waals surface area (Å²) in [5.74, 6) is 0.0758. The SMILES string of the molecule is FC(F)Oc1cncc(-c2cccc(C3CCCN3)c2)c1. The first kappa shape index (κ1) is 13.9. The number of pyridine rings is 1. The Hall–Kier alpha value is -2.01. The fourth-order valence-corrected chi connectivity index (χ4v) is 2.65. The molecule has 3 rings (SSSR count). The second-order valence-corrected chi connectivity index (χ2v) is 5.06. The number of alkyl halides is 2. The average molecular weight is 290 g/mol. The Kier molecular flexibility index (Phi) is 4.10. The van der Waals surface area contributed by atoms with Gasteiger partial charge in [-0.05, 0) is 42.6 Å². The summed E-state index contributed by atoms with van der Waals surface area (Å²) in [5.41, 5.74) is 2.94. The van der Waals surface area contributed by atoms with Crippen molar-refractivity contribution in [2.75, 3.05) is 6.54 Å². The third-order valence-corrected chi connectivity index (χ3v) is 3.62. The second-order valence-electron chi connectivity index (χ2n) is 5.06. The molecular formula is C16H16F2N2O. The highest BCUT2D eigenvalue weighted by Gasteiger charge is 2.16. The molecule has 0 amide bonds. The summed E-state index contributed by atoms with van der Waals surface area (Å²) in [7, 11) is 0. The number of hydrogen-bond acceptors (Lipinski definition) is 3. The molecule has 0 radical (unpaired) electrons. The number of rotatable bonds is 4. The van der Waals surface area contributed by atoms with Gasteiger partial charge >= 0.3 is 6.61 Å². The molecule has 5 heteroatoms. The van der Waals surface area contributed by atoms with E-state index in [1.165, 1.54) is 18.2 Å². The van der Waals surface area contributed by atoms with Crippen LogP contribution >= 0.6 is 0 Å². The van der Waals surface area contributed by atoms with Gasteiger partial charge in [0.05, 0.1) is 6.20 Å². The van der Waals surface area contributed by atoms with Gasteiger partial charge < -0.3 is 10.1 Å². The molecule has 0 spiro atoms. The molecule has 21 heavy (non-hydrogen) atoms. The topological polar surface area (TPSA) is 34.1 Å². The first-order chi connectivity index (χ1) is 10.2. The number of halogens is 2. The van der Waals surface area contributed by atoms with Gasteiger partial charge in [-0.25, -0.2) is 0 Å². The zero-order valence-electron chi connectivity index (χ0n) is 11.4. The van der Waals surface area contributed by atoms with Crippen LogP contribution in [-0.2, 0) is 0 Å². The first-order valence-corrected chi connectivity index (χ1v) is 6.96. The molecule has 0 saturated carbocycles. The average Bonchev–Trinajstić information content (AvgIpc) is 3.01. The minimum absolute atomic E-state index is 0.0758. The Morgan fingerprint density at radius 2 is 2.10 bits per heavy atom.